The van der Waals surface area contributed by atoms with Gasteiger partial charge in [0.05, 0.1) is 0 Å². The van der Waals surface area contributed by atoms with Gasteiger partial charge in [-0.05, 0) is 35.4 Å². The molecule has 0 N–H and O–H groups in total. The van der Waals surface area contributed by atoms with Gasteiger partial charge in [0.15, 0.2) is 0 Å². The van der Waals surface area contributed by atoms with Crippen LogP contribution in [0.1, 0.15) is 11.1 Å². The predicted molar refractivity (Wildman–Crippen MR) is 121 cm³/mol. The minimum atomic E-state index is -0.557. The third kappa shape index (κ3) is 7.35. The van der Waals surface area contributed by atoms with Gasteiger partial charge in [-0.25, -0.2) is 14.4 Å². The van der Waals surface area contributed by atoms with E-state index in [-0.39, 0.29) is 11.5 Å². The van der Waals surface area contributed by atoms with Crippen molar-refractivity contribution < 1.29 is 28.6 Å². The average molecular weight is 441 g/mol. The van der Waals surface area contributed by atoms with Crippen molar-refractivity contribution in [1.29, 1.82) is 0 Å². The minimum absolute atomic E-state index is 0.235. The fourth-order valence-electron chi connectivity index (χ4n) is 2.22. The molecule has 0 fully saturated rings. The molecule has 0 aromatic heterocycles. The smallest absolute Gasteiger partial charge is 0.410 e. The number of nitrogens with zero attached hydrogens (tertiary/aromatic N) is 3. The molecule has 0 aliphatic heterocycles. The van der Waals surface area contributed by atoms with Crippen LogP contribution < -0.4 is 14.2 Å². The number of benzene rings is 2. The van der Waals surface area contributed by atoms with Gasteiger partial charge in [-0.2, -0.15) is 0 Å². The van der Waals surface area contributed by atoms with E-state index >= 15 is 0 Å². The van der Waals surface area contributed by atoms with Gasteiger partial charge in [0, 0.05) is 48.4 Å². The van der Waals surface area contributed by atoms with E-state index in [9.17, 15) is 14.4 Å². The summed E-state index contributed by atoms with van der Waals surface area (Å²) in [6, 6.07) is 11.7. The Morgan fingerprint density at radius 2 is 0.938 bits per heavy atom. The van der Waals surface area contributed by atoms with Crippen LogP contribution in [0.25, 0.3) is 12.2 Å². The zero-order valence-electron chi connectivity index (χ0n) is 19.0. The number of amides is 3. The quantitative estimate of drug-likeness (QED) is 0.651. The van der Waals surface area contributed by atoms with Gasteiger partial charge in [0.2, 0.25) is 0 Å². The summed E-state index contributed by atoms with van der Waals surface area (Å²) in [6.45, 7) is 0. The SMILES string of the molecule is CN(C)C(=O)Oc1ccc(/C=C/c2cc(OC(=O)N(C)C)cc(OC(=O)N(C)C)c2)cc1. The first kappa shape index (κ1) is 24.3. The monoisotopic (exact) mass is 441 g/mol. The summed E-state index contributed by atoms with van der Waals surface area (Å²) >= 11 is 0. The van der Waals surface area contributed by atoms with E-state index in [4.69, 9.17) is 14.2 Å². The summed E-state index contributed by atoms with van der Waals surface area (Å²) in [5.74, 6) is 0.896. The Labute approximate surface area is 187 Å². The fraction of sp³-hybridized carbons (Fsp3) is 0.261. The third-order valence-corrected chi connectivity index (χ3v) is 3.96. The van der Waals surface area contributed by atoms with E-state index in [1.54, 1.807) is 84.8 Å². The molecule has 3 amide bonds. The van der Waals surface area contributed by atoms with Gasteiger partial charge in [0.25, 0.3) is 0 Å². The van der Waals surface area contributed by atoms with Crippen molar-refractivity contribution in [2.45, 2.75) is 0 Å². The summed E-state index contributed by atoms with van der Waals surface area (Å²) in [4.78, 5) is 39.4. The summed E-state index contributed by atoms with van der Waals surface area (Å²) in [7, 11) is 9.48. The van der Waals surface area contributed by atoms with Crippen LogP contribution in [0, 0.1) is 0 Å². The van der Waals surface area contributed by atoms with Gasteiger partial charge in [-0.1, -0.05) is 24.3 Å². The molecule has 0 aliphatic rings. The molecule has 0 atom stereocenters. The Hall–Kier alpha value is -4.01. The lowest BCUT2D eigenvalue weighted by Crippen LogP contribution is -2.26. The van der Waals surface area contributed by atoms with E-state index < -0.39 is 18.3 Å². The number of carbonyl (C=O) groups excluding carboxylic acids is 3. The number of carbonyl (C=O) groups is 3. The third-order valence-electron chi connectivity index (χ3n) is 3.96. The zero-order valence-corrected chi connectivity index (χ0v) is 19.0. The van der Waals surface area contributed by atoms with Crippen molar-refractivity contribution in [3.63, 3.8) is 0 Å². The summed E-state index contributed by atoms with van der Waals surface area (Å²) in [6.07, 6.45) is 2.03. The molecule has 2 rings (SSSR count). The van der Waals surface area contributed by atoms with Crippen molar-refractivity contribution in [2.24, 2.45) is 0 Å². The van der Waals surface area contributed by atoms with Crippen LogP contribution in [0.5, 0.6) is 17.2 Å². The van der Waals surface area contributed by atoms with Gasteiger partial charge in [0.1, 0.15) is 17.2 Å². The molecule has 0 aliphatic carbocycles. The second kappa shape index (κ2) is 10.9. The van der Waals surface area contributed by atoms with Gasteiger partial charge in [-0.3, -0.25) is 0 Å². The second-order valence-electron chi connectivity index (χ2n) is 7.43. The normalized spacial score (nSPS) is 10.4. The zero-order chi connectivity index (χ0) is 23.8. The maximum atomic E-state index is 11.9. The largest absolute Gasteiger partial charge is 0.414 e. The molecule has 9 heteroatoms. The first-order chi connectivity index (χ1) is 15.0. The molecule has 0 heterocycles. The Morgan fingerprint density at radius 3 is 1.34 bits per heavy atom. The highest BCUT2D eigenvalue weighted by molar-refractivity contribution is 5.76. The molecule has 0 saturated carbocycles. The lowest BCUT2D eigenvalue weighted by molar-refractivity contribution is 0.169. The Kier molecular flexibility index (Phi) is 8.23. The van der Waals surface area contributed by atoms with E-state index in [0.29, 0.717) is 11.3 Å². The lowest BCUT2D eigenvalue weighted by atomic mass is 10.1. The second-order valence-corrected chi connectivity index (χ2v) is 7.43. The van der Waals surface area contributed by atoms with E-state index in [1.165, 1.54) is 20.8 Å². The molecule has 0 spiro atoms. The van der Waals surface area contributed by atoms with Crippen LogP contribution in [0.3, 0.4) is 0 Å². The molecule has 32 heavy (non-hydrogen) atoms. The van der Waals surface area contributed by atoms with Gasteiger partial charge < -0.3 is 28.9 Å². The summed E-state index contributed by atoms with van der Waals surface area (Å²) in [5.41, 5.74) is 1.50. The van der Waals surface area contributed by atoms with Crippen LogP contribution in [-0.2, 0) is 0 Å². The molecule has 0 unspecified atom stereocenters. The summed E-state index contributed by atoms with van der Waals surface area (Å²) < 4.78 is 15.8. The molecular formula is C23H27N3O6. The Bertz CT molecular complexity index is 957. The number of hydrogen-bond acceptors (Lipinski definition) is 6. The fourth-order valence-corrected chi connectivity index (χ4v) is 2.22. The molecule has 2 aromatic carbocycles. The summed E-state index contributed by atoms with van der Waals surface area (Å²) in [5, 5.41) is 0. The van der Waals surface area contributed by atoms with Crippen LogP contribution in [0.2, 0.25) is 0 Å². The standard InChI is InChI=1S/C23H27N3O6/c1-24(2)21(27)30-18-11-9-16(10-12-18)7-8-17-13-19(31-22(28)25(3)4)15-20(14-17)32-23(29)26(5)6/h7-15H,1-6H3/b8-7+. The molecule has 2 aromatic rings. The Balaban J connectivity index is 2.24. The lowest BCUT2D eigenvalue weighted by Gasteiger charge is -2.14. The maximum absolute atomic E-state index is 11.9. The van der Waals surface area contributed by atoms with Crippen LogP contribution in [0.4, 0.5) is 14.4 Å². The van der Waals surface area contributed by atoms with Crippen LogP contribution in [0.15, 0.2) is 42.5 Å². The van der Waals surface area contributed by atoms with Crippen LogP contribution >= 0.6 is 0 Å². The molecule has 0 bridgehead atoms. The highest BCUT2D eigenvalue weighted by Crippen LogP contribution is 2.26. The first-order valence-corrected chi connectivity index (χ1v) is 9.66. The molecule has 0 saturated heterocycles. The molecule has 0 radical (unpaired) electrons. The predicted octanol–water partition coefficient (Wildman–Crippen LogP) is 4.04. The van der Waals surface area contributed by atoms with E-state index in [2.05, 4.69) is 0 Å². The van der Waals surface area contributed by atoms with Gasteiger partial charge >= 0.3 is 18.3 Å². The molecule has 9 nitrogen and oxygen atoms in total. The van der Waals surface area contributed by atoms with Crippen molar-refractivity contribution in [3.8, 4) is 17.2 Å². The highest BCUT2D eigenvalue weighted by atomic mass is 16.6. The Morgan fingerprint density at radius 1 is 0.562 bits per heavy atom. The van der Waals surface area contributed by atoms with Crippen LogP contribution in [-0.4, -0.2) is 75.3 Å². The number of rotatable bonds is 5. The van der Waals surface area contributed by atoms with Gasteiger partial charge in [-0.15, -0.1) is 0 Å². The van der Waals surface area contributed by atoms with Crippen molar-refractivity contribution in [3.05, 3.63) is 53.6 Å². The highest BCUT2D eigenvalue weighted by Gasteiger charge is 2.12. The average Bonchev–Trinajstić information content (AvgIpc) is 2.72. The number of ether oxygens (including phenoxy) is 3. The van der Waals surface area contributed by atoms with E-state index in [0.717, 1.165) is 5.56 Å². The van der Waals surface area contributed by atoms with Crippen molar-refractivity contribution in [1.82, 2.24) is 14.7 Å². The first-order valence-electron chi connectivity index (χ1n) is 9.66. The molecular weight excluding hydrogens is 414 g/mol. The topological polar surface area (TPSA) is 88.6 Å². The van der Waals surface area contributed by atoms with Crippen molar-refractivity contribution >= 4 is 30.4 Å². The van der Waals surface area contributed by atoms with Crippen molar-refractivity contribution in [2.75, 3.05) is 42.3 Å². The maximum Gasteiger partial charge on any atom is 0.414 e. The molecule has 170 valence electrons. The minimum Gasteiger partial charge on any atom is -0.410 e. The van der Waals surface area contributed by atoms with E-state index in [1.807, 2.05) is 6.08 Å². The number of hydrogen-bond donors (Lipinski definition) is 0.